The van der Waals surface area contributed by atoms with Crippen LogP contribution in [0.15, 0.2) is 108 Å². The van der Waals surface area contributed by atoms with E-state index in [2.05, 4.69) is 38.1 Å². The third kappa shape index (κ3) is 5.27. The number of hydrogen-bond acceptors (Lipinski definition) is 6. The van der Waals surface area contributed by atoms with E-state index in [0.717, 1.165) is 33.2 Å². The molecule has 0 fully saturated rings. The van der Waals surface area contributed by atoms with Gasteiger partial charge in [0.15, 0.2) is 0 Å². The van der Waals surface area contributed by atoms with Crippen molar-refractivity contribution in [2.24, 2.45) is 5.10 Å². The van der Waals surface area contributed by atoms with Gasteiger partial charge in [-0.1, -0.05) is 74.5 Å². The molecule has 3 heterocycles. The quantitative estimate of drug-likeness (QED) is 0.170. The first kappa shape index (κ1) is 29.6. The fourth-order valence-electron chi connectivity index (χ4n) is 5.60. The fourth-order valence-corrected chi connectivity index (χ4v) is 6.43. The minimum Gasteiger partial charge on any atom is -0.268 e. The van der Waals surface area contributed by atoms with Gasteiger partial charge in [-0.3, -0.25) is 9.59 Å². The highest BCUT2D eigenvalue weighted by atomic mass is 79.9. The molecule has 6 nitrogen and oxygen atoms in total. The van der Waals surface area contributed by atoms with Crippen LogP contribution < -0.4 is 9.91 Å². The van der Waals surface area contributed by atoms with Gasteiger partial charge in [-0.05, 0) is 59.0 Å². The zero-order chi connectivity index (χ0) is 29.7. The topological polar surface area (TPSA) is 65.9 Å². The summed E-state index contributed by atoms with van der Waals surface area (Å²) in [6, 6.07) is 29.2. The summed E-state index contributed by atoms with van der Waals surface area (Å²) in [5, 5.41) is 9.61. The van der Waals surface area contributed by atoms with Crippen LogP contribution in [0.4, 0.5) is 15.2 Å². The van der Waals surface area contributed by atoms with Crippen molar-refractivity contribution in [3.05, 3.63) is 136 Å². The molecule has 0 bridgehead atoms. The number of carbonyl (C=O) groups is 2. The van der Waals surface area contributed by atoms with E-state index in [4.69, 9.17) is 10.1 Å². The lowest BCUT2D eigenvalue weighted by Crippen LogP contribution is -2.29. The lowest BCUT2D eigenvalue weighted by atomic mass is 9.95. The third-order valence-electron chi connectivity index (χ3n) is 7.96. The van der Waals surface area contributed by atoms with Gasteiger partial charge in [0.05, 0.1) is 34.3 Å². The molecule has 2 aliphatic heterocycles. The summed E-state index contributed by atoms with van der Waals surface area (Å²) in [4.78, 5) is 32.3. The number of halogens is 2. The first-order chi connectivity index (χ1) is 20.9. The SMILES string of the molecule is Br.CC(C)c1ccc(C2CC(c3ccc(F)cc3)=NN2c2nc(-c3cccc(N4C(=O)c5ccccc5C4=O)c3)cs2)cc1. The van der Waals surface area contributed by atoms with E-state index in [1.165, 1.54) is 33.9 Å². The zero-order valence-corrected chi connectivity index (χ0v) is 26.5. The molecule has 1 atom stereocenters. The second-order valence-electron chi connectivity index (χ2n) is 11.0. The molecule has 1 aromatic heterocycles. The Labute approximate surface area is 269 Å². The summed E-state index contributed by atoms with van der Waals surface area (Å²) in [6.07, 6.45) is 0.650. The van der Waals surface area contributed by atoms with Crippen molar-refractivity contribution < 1.29 is 14.0 Å². The maximum absolute atomic E-state index is 13.7. The molecule has 220 valence electrons. The number of anilines is 2. The number of aromatic nitrogens is 1. The monoisotopic (exact) mass is 666 g/mol. The molecule has 0 saturated carbocycles. The van der Waals surface area contributed by atoms with Gasteiger partial charge in [-0.2, -0.15) is 5.10 Å². The van der Waals surface area contributed by atoms with E-state index in [-0.39, 0.29) is 40.7 Å². The van der Waals surface area contributed by atoms with Gasteiger partial charge in [0, 0.05) is 17.4 Å². The summed E-state index contributed by atoms with van der Waals surface area (Å²) in [7, 11) is 0. The predicted molar refractivity (Wildman–Crippen MR) is 179 cm³/mol. The highest BCUT2D eigenvalue weighted by Gasteiger charge is 2.36. The number of imide groups is 1. The largest absolute Gasteiger partial charge is 0.268 e. The van der Waals surface area contributed by atoms with Crippen LogP contribution in [0.1, 0.15) is 69.6 Å². The Kier molecular flexibility index (Phi) is 8.00. The molecule has 2 amide bonds. The molecule has 2 aliphatic rings. The van der Waals surface area contributed by atoms with E-state index in [9.17, 15) is 14.0 Å². The third-order valence-corrected chi connectivity index (χ3v) is 8.79. The standard InChI is InChI=1S/C35H27FN4O2S.BrH/c1-21(2)22-10-12-24(13-11-22)32-19-30(23-14-16-26(36)17-15-23)38-40(32)35-37-31(20-43-35)25-6-5-7-27(18-25)39-33(41)28-8-3-4-9-29(28)34(39)42;/h3-18,20-21,32H,19H2,1-2H3;1H. The van der Waals surface area contributed by atoms with Crippen LogP contribution in [-0.4, -0.2) is 22.5 Å². The highest BCUT2D eigenvalue weighted by molar-refractivity contribution is 8.93. The second kappa shape index (κ2) is 11.9. The van der Waals surface area contributed by atoms with Gasteiger partial charge in [-0.25, -0.2) is 19.3 Å². The Balaban J connectivity index is 0.00000343. The summed E-state index contributed by atoms with van der Waals surface area (Å²) >= 11 is 1.48. The molecule has 7 rings (SSSR count). The first-order valence-electron chi connectivity index (χ1n) is 14.1. The minimum absolute atomic E-state index is 0. The lowest BCUT2D eigenvalue weighted by molar-refractivity contribution is 0.0926. The van der Waals surface area contributed by atoms with Crippen LogP contribution in [0, 0.1) is 5.82 Å². The van der Waals surface area contributed by atoms with Crippen LogP contribution in [-0.2, 0) is 0 Å². The first-order valence-corrected chi connectivity index (χ1v) is 15.0. The number of hydrazone groups is 1. The van der Waals surface area contributed by atoms with Crippen molar-refractivity contribution in [1.29, 1.82) is 0 Å². The van der Waals surface area contributed by atoms with E-state index < -0.39 is 0 Å². The Morgan fingerprint density at radius 1 is 0.841 bits per heavy atom. The van der Waals surface area contributed by atoms with Crippen molar-refractivity contribution in [2.45, 2.75) is 32.2 Å². The molecule has 0 saturated heterocycles. The number of rotatable bonds is 6. The summed E-state index contributed by atoms with van der Waals surface area (Å²) in [5.41, 5.74) is 6.95. The number of amides is 2. The number of carbonyl (C=O) groups excluding carboxylic acids is 2. The average Bonchev–Trinajstić information content (AvgIpc) is 3.75. The Bertz CT molecular complexity index is 1870. The summed E-state index contributed by atoms with van der Waals surface area (Å²) in [5.74, 6) is -0.518. The van der Waals surface area contributed by atoms with Gasteiger partial charge >= 0.3 is 0 Å². The van der Waals surface area contributed by atoms with Gasteiger partial charge in [-0.15, -0.1) is 28.3 Å². The number of thiazole rings is 1. The van der Waals surface area contributed by atoms with Crippen molar-refractivity contribution >= 4 is 56.7 Å². The molecule has 0 aliphatic carbocycles. The van der Waals surface area contributed by atoms with Crippen LogP contribution >= 0.6 is 28.3 Å². The summed E-state index contributed by atoms with van der Waals surface area (Å²) in [6.45, 7) is 4.35. The number of nitrogens with zero attached hydrogens (tertiary/aromatic N) is 4. The molecule has 44 heavy (non-hydrogen) atoms. The Morgan fingerprint density at radius 2 is 1.52 bits per heavy atom. The van der Waals surface area contributed by atoms with E-state index in [1.807, 2.05) is 28.6 Å². The van der Waals surface area contributed by atoms with Gasteiger partial charge < -0.3 is 0 Å². The van der Waals surface area contributed by atoms with E-state index in [0.29, 0.717) is 29.2 Å². The predicted octanol–water partition coefficient (Wildman–Crippen LogP) is 8.81. The lowest BCUT2D eigenvalue weighted by Gasteiger charge is -2.21. The van der Waals surface area contributed by atoms with Crippen molar-refractivity contribution in [3.8, 4) is 11.3 Å². The molecular formula is C35H28BrFN4O2S. The van der Waals surface area contributed by atoms with Crippen molar-refractivity contribution in [1.82, 2.24) is 4.98 Å². The van der Waals surface area contributed by atoms with Gasteiger partial charge in [0.2, 0.25) is 5.13 Å². The molecule has 0 N–H and O–H groups in total. The molecule has 0 radical (unpaired) electrons. The van der Waals surface area contributed by atoms with Gasteiger partial charge in [0.1, 0.15) is 5.82 Å². The highest BCUT2D eigenvalue weighted by Crippen LogP contribution is 2.40. The Hall–Kier alpha value is -4.47. The van der Waals surface area contributed by atoms with Crippen molar-refractivity contribution in [2.75, 3.05) is 9.91 Å². The second-order valence-corrected chi connectivity index (χ2v) is 11.8. The van der Waals surface area contributed by atoms with Gasteiger partial charge in [0.25, 0.3) is 11.8 Å². The Morgan fingerprint density at radius 3 is 2.18 bits per heavy atom. The van der Waals surface area contributed by atoms with E-state index >= 15 is 0 Å². The van der Waals surface area contributed by atoms with Crippen LogP contribution in [0.3, 0.4) is 0 Å². The number of benzene rings is 4. The van der Waals surface area contributed by atoms with Crippen LogP contribution in [0.5, 0.6) is 0 Å². The molecule has 1 unspecified atom stereocenters. The fraction of sp³-hybridized carbons (Fsp3) is 0.143. The number of fused-ring (bicyclic) bond motifs is 1. The molecule has 0 spiro atoms. The smallest absolute Gasteiger partial charge is 0.266 e. The van der Waals surface area contributed by atoms with Crippen molar-refractivity contribution in [3.63, 3.8) is 0 Å². The maximum Gasteiger partial charge on any atom is 0.266 e. The number of hydrogen-bond donors (Lipinski definition) is 0. The summed E-state index contributed by atoms with van der Waals surface area (Å²) < 4.78 is 13.7. The molecule has 9 heteroatoms. The van der Waals surface area contributed by atoms with E-state index in [1.54, 1.807) is 42.5 Å². The minimum atomic E-state index is -0.331. The molecule has 5 aromatic rings. The maximum atomic E-state index is 13.7. The zero-order valence-electron chi connectivity index (χ0n) is 24.0. The normalized spacial score (nSPS) is 15.9. The van der Waals surface area contributed by atoms with Crippen LogP contribution in [0.25, 0.3) is 11.3 Å². The molecular weight excluding hydrogens is 639 g/mol. The van der Waals surface area contributed by atoms with Crippen LogP contribution in [0.2, 0.25) is 0 Å². The molecule has 4 aromatic carbocycles. The average molecular weight is 668 g/mol.